The summed E-state index contributed by atoms with van der Waals surface area (Å²) in [7, 11) is 0. The van der Waals surface area contributed by atoms with Gasteiger partial charge in [0, 0.05) is 5.69 Å². The molecule has 1 amide bonds. The minimum absolute atomic E-state index is 0.0137. The number of nitrogens with one attached hydrogen (secondary N) is 1. The molecule has 0 saturated carbocycles. The van der Waals surface area contributed by atoms with Crippen molar-refractivity contribution in [3.63, 3.8) is 0 Å². The van der Waals surface area contributed by atoms with Crippen LogP contribution in [0.4, 0.5) is 14.5 Å². The summed E-state index contributed by atoms with van der Waals surface area (Å²) in [4.78, 5) is 23.2. The fraction of sp³-hybridized carbons (Fsp3) is 0.200. The van der Waals surface area contributed by atoms with Crippen molar-refractivity contribution >= 4 is 28.9 Å². The number of benzene rings is 1. The number of ether oxygens (including phenoxy) is 2. The number of hydrogen-bond acceptors (Lipinski definition) is 5. The van der Waals surface area contributed by atoms with Gasteiger partial charge in [-0.05, 0) is 46.7 Å². The van der Waals surface area contributed by atoms with Crippen LogP contribution in [0, 0.1) is 0 Å². The molecule has 5 nitrogen and oxygen atoms in total. The molecular formula is C15H13F2NO4S. The van der Waals surface area contributed by atoms with Crippen LogP contribution in [-0.2, 0) is 20.7 Å². The van der Waals surface area contributed by atoms with Crippen LogP contribution < -0.4 is 10.1 Å². The highest BCUT2D eigenvalue weighted by atomic mass is 32.1. The molecule has 1 N–H and O–H groups in total. The molecule has 2 rings (SSSR count). The van der Waals surface area contributed by atoms with Crippen LogP contribution in [-0.4, -0.2) is 25.1 Å². The number of hydrogen-bond donors (Lipinski definition) is 1. The molecule has 0 atom stereocenters. The zero-order chi connectivity index (χ0) is 16.7. The van der Waals surface area contributed by atoms with E-state index in [-0.39, 0.29) is 12.2 Å². The first-order valence-electron chi connectivity index (χ1n) is 6.54. The Morgan fingerprint density at radius 1 is 1.17 bits per heavy atom. The van der Waals surface area contributed by atoms with E-state index in [0.29, 0.717) is 5.69 Å². The first kappa shape index (κ1) is 16.9. The van der Waals surface area contributed by atoms with Crippen molar-refractivity contribution in [2.45, 2.75) is 13.0 Å². The van der Waals surface area contributed by atoms with E-state index in [1.165, 1.54) is 35.6 Å². The van der Waals surface area contributed by atoms with Crippen molar-refractivity contribution in [2.24, 2.45) is 0 Å². The summed E-state index contributed by atoms with van der Waals surface area (Å²) < 4.78 is 33.0. The molecule has 0 spiro atoms. The molecule has 122 valence electrons. The highest BCUT2D eigenvalue weighted by molar-refractivity contribution is 7.07. The van der Waals surface area contributed by atoms with E-state index < -0.39 is 25.1 Å². The zero-order valence-corrected chi connectivity index (χ0v) is 12.6. The molecule has 0 fully saturated rings. The largest absolute Gasteiger partial charge is 0.455 e. The Hall–Kier alpha value is -2.48. The molecule has 0 radical (unpaired) electrons. The van der Waals surface area contributed by atoms with E-state index in [1.54, 1.807) is 6.07 Å². The number of thiophene rings is 1. The van der Waals surface area contributed by atoms with Crippen molar-refractivity contribution in [1.29, 1.82) is 0 Å². The van der Waals surface area contributed by atoms with E-state index in [1.807, 2.05) is 10.8 Å². The van der Waals surface area contributed by atoms with Gasteiger partial charge < -0.3 is 14.8 Å². The number of anilines is 1. The van der Waals surface area contributed by atoms with E-state index in [9.17, 15) is 18.4 Å². The summed E-state index contributed by atoms with van der Waals surface area (Å²) >= 11 is 1.47. The minimum atomic E-state index is -2.90. The van der Waals surface area contributed by atoms with E-state index in [2.05, 4.69) is 10.1 Å². The lowest BCUT2D eigenvalue weighted by atomic mass is 10.2. The fourth-order valence-corrected chi connectivity index (χ4v) is 2.34. The Bertz CT molecular complexity index is 644. The molecular weight excluding hydrogens is 328 g/mol. The molecule has 0 bridgehead atoms. The lowest BCUT2D eigenvalue weighted by molar-refractivity contribution is -0.146. The summed E-state index contributed by atoms with van der Waals surface area (Å²) in [5.41, 5.74) is 1.21. The van der Waals surface area contributed by atoms with Crippen molar-refractivity contribution in [1.82, 2.24) is 0 Å². The third kappa shape index (κ3) is 6.03. The third-order valence-corrected chi connectivity index (χ3v) is 3.39. The standard InChI is InChI=1S/C15H13F2NO4S/c16-15(17)22-12-3-1-11(2-4-12)18-13(19)8-21-14(20)7-10-5-6-23-9-10/h1-6,9,15H,7-8H2,(H,18,19). The van der Waals surface area contributed by atoms with Crippen LogP contribution in [0.3, 0.4) is 0 Å². The number of carbonyl (C=O) groups excluding carboxylic acids is 2. The number of esters is 1. The quantitative estimate of drug-likeness (QED) is 0.786. The normalized spacial score (nSPS) is 10.4. The van der Waals surface area contributed by atoms with Crippen LogP contribution in [0.5, 0.6) is 5.75 Å². The smallest absolute Gasteiger partial charge is 0.387 e. The molecule has 0 aliphatic heterocycles. The fourth-order valence-electron chi connectivity index (χ4n) is 1.67. The maximum atomic E-state index is 12.0. The number of carbonyl (C=O) groups is 2. The average Bonchev–Trinajstić information content (AvgIpc) is 2.99. The predicted octanol–water partition coefficient (Wildman–Crippen LogP) is 3.07. The van der Waals surface area contributed by atoms with Gasteiger partial charge in [0.25, 0.3) is 5.91 Å². The van der Waals surface area contributed by atoms with Crippen molar-refractivity contribution in [3.05, 3.63) is 46.7 Å². The number of amides is 1. The first-order chi connectivity index (χ1) is 11.0. The van der Waals surface area contributed by atoms with Gasteiger partial charge in [0.1, 0.15) is 5.75 Å². The second-order valence-corrected chi connectivity index (χ2v) is 5.20. The topological polar surface area (TPSA) is 64.6 Å². The van der Waals surface area contributed by atoms with E-state index in [4.69, 9.17) is 4.74 Å². The van der Waals surface area contributed by atoms with Crippen molar-refractivity contribution in [2.75, 3.05) is 11.9 Å². The van der Waals surface area contributed by atoms with Crippen molar-refractivity contribution < 1.29 is 27.8 Å². The Morgan fingerprint density at radius 3 is 2.52 bits per heavy atom. The Balaban J connectivity index is 1.74. The molecule has 8 heteroatoms. The number of halogens is 2. The van der Waals surface area contributed by atoms with Gasteiger partial charge in [-0.3, -0.25) is 9.59 Å². The molecule has 2 aromatic rings. The number of rotatable bonds is 7. The molecule has 0 saturated heterocycles. The third-order valence-electron chi connectivity index (χ3n) is 2.66. The molecule has 0 aliphatic rings. The first-order valence-corrected chi connectivity index (χ1v) is 7.48. The predicted molar refractivity (Wildman–Crippen MR) is 80.7 cm³/mol. The monoisotopic (exact) mass is 341 g/mol. The molecule has 0 aliphatic carbocycles. The molecule has 1 aromatic heterocycles. The average molecular weight is 341 g/mol. The summed E-state index contributed by atoms with van der Waals surface area (Å²) in [6.07, 6.45) is 0.108. The summed E-state index contributed by atoms with van der Waals surface area (Å²) in [6.45, 7) is -3.32. The van der Waals surface area contributed by atoms with Crippen LogP contribution in [0.25, 0.3) is 0 Å². The molecule has 23 heavy (non-hydrogen) atoms. The lowest BCUT2D eigenvalue weighted by Crippen LogP contribution is -2.21. The van der Waals surface area contributed by atoms with E-state index in [0.717, 1.165) is 5.56 Å². The van der Waals surface area contributed by atoms with Crippen LogP contribution in [0.15, 0.2) is 41.1 Å². The summed E-state index contributed by atoms with van der Waals surface area (Å²) in [6, 6.07) is 7.20. The SMILES string of the molecule is O=C(COC(=O)Cc1ccsc1)Nc1ccc(OC(F)F)cc1. The molecule has 1 heterocycles. The van der Waals surface area contributed by atoms with E-state index >= 15 is 0 Å². The Labute approximate surface area is 134 Å². The second-order valence-electron chi connectivity index (χ2n) is 4.42. The van der Waals surface area contributed by atoms with Gasteiger partial charge in [0.15, 0.2) is 6.61 Å². The second kappa shape index (κ2) is 8.23. The Morgan fingerprint density at radius 2 is 1.91 bits per heavy atom. The maximum absolute atomic E-state index is 12.0. The van der Waals surface area contributed by atoms with Gasteiger partial charge in [0.2, 0.25) is 0 Å². The van der Waals surface area contributed by atoms with Crippen LogP contribution in [0.2, 0.25) is 0 Å². The Kier molecular flexibility index (Phi) is 6.04. The highest BCUT2D eigenvalue weighted by Gasteiger charge is 2.10. The molecule has 1 aromatic carbocycles. The van der Waals surface area contributed by atoms with Crippen LogP contribution in [0.1, 0.15) is 5.56 Å². The van der Waals surface area contributed by atoms with Gasteiger partial charge >= 0.3 is 12.6 Å². The molecule has 0 unspecified atom stereocenters. The highest BCUT2D eigenvalue weighted by Crippen LogP contribution is 2.17. The maximum Gasteiger partial charge on any atom is 0.387 e. The van der Waals surface area contributed by atoms with Gasteiger partial charge in [-0.2, -0.15) is 20.1 Å². The van der Waals surface area contributed by atoms with Gasteiger partial charge in [-0.25, -0.2) is 0 Å². The minimum Gasteiger partial charge on any atom is -0.455 e. The number of alkyl halides is 2. The van der Waals surface area contributed by atoms with Crippen molar-refractivity contribution in [3.8, 4) is 5.75 Å². The van der Waals surface area contributed by atoms with Gasteiger partial charge in [-0.15, -0.1) is 0 Å². The van der Waals surface area contributed by atoms with Gasteiger partial charge in [0.05, 0.1) is 6.42 Å². The van der Waals surface area contributed by atoms with Gasteiger partial charge in [-0.1, -0.05) is 0 Å². The summed E-state index contributed by atoms with van der Waals surface area (Å²) in [5.74, 6) is -1.04. The zero-order valence-electron chi connectivity index (χ0n) is 11.8. The summed E-state index contributed by atoms with van der Waals surface area (Å²) in [5, 5.41) is 6.15. The van der Waals surface area contributed by atoms with Crippen LogP contribution >= 0.6 is 11.3 Å². The lowest BCUT2D eigenvalue weighted by Gasteiger charge is -2.08.